The van der Waals surface area contributed by atoms with Crippen LogP contribution in [-0.4, -0.2) is 18.2 Å². The van der Waals surface area contributed by atoms with Gasteiger partial charge in [0.25, 0.3) is 0 Å². The first kappa shape index (κ1) is 15.0. The third-order valence-electron chi connectivity index (χ3n) is 3.07. The van der Waals surface area contributed by atoms with Crippen molar-refractivity contribution in [1.82, 2.24) is 5.32 Å². The minimum atomic E-state index is -0.570. The van der Waals surface area contributed by atoms with Crippen molar-refractivity contribution in [2.45, 2.75) is 12.5 Å². The van der Waals surface area contributed by atoms with E-state index in [-0.39, 0.29) is 5.82 Å². The molecule has 2 aromatic rings. The molecule has 0 bridgehead atoms. The molecule has 1 atom stereocenters. The number of aliphatic hydroxyl groups is 1. The quantitative estimate of drug-likeness (QED) is 0.801. The van der Waals surface area contributed by atoms with Gasteiger partial charge < -0.3 is 10.4 Å². The third-order valence-corrected chi connectivity index (χ3v) is 3.32. The smallest absolute Gasteiger partial charge is 0.123 e. The van der Waals surface area contributed by atoms with Crippen LogP contribution in [0.15, 0.2) is 48.5 Å². The predicted molar refractivity (Wildman–Crippen MR) is 79.4 cm³/mol. The molecule has 0 saturated carbocycles. The first-order valence-electron chi connectivity index (χ1n) is 6.54. The summed E-state index contributed by atoms with van der Waals surface area (Å²) in [5.41, 5.74) is 1.77. The summed E-state index contributed by atoms with van der Waals surface area (Å²) in [6.07, 6.45) is 0.158. The van der Waals surface area contributed by atoms with Crippen molar-refractivity contribution < 1.29 is 9.50 Å². The number of rotatable bonds is 6. The van der Waals surface area contributed by atoms with Crippen LogP contribution >= 0.6 is 11.6 Å². The summed E-state index contributed by atoms with van der Waals surface area (Å²) in [5.74, 6) is -0.219. The molecule has 1 unspecified atom stereocenters. The number of hydrogen-bond donors (Lipinski definition) is 2. The summed E-state index contributed by atoms with van der Waals surface area (Å²) in [5, 5.41) is 13.8. The normalized spacial score (nSPS) is 12.3. The van der Waals surface area contributed by atoms with E-state index in [1.54, 1.807) is 30.3 Å². The summed E-state index contributed by atoms with van der Waals surface area (Å²) in [6.45, 7) is 1.14. The minimum absolute atomic E-state index is 0.219. The SMILES string of the molecule is OC(CNCCc1cccc(F)c1)c1ccc(Cl)cc1. The van der Waals surface area contributed by atoms with Gasteiger partial charge >= 0.3 is 0 Å². The lowest BCUT2D eigenvalue weighted by Gasteiger charge is -2.12. The summed E-state index contributed by atoms with van der Waals surface area (Å²) in [4.78, 5) is 0. The summed E-state index contributed by atoms with van der Waals surface area (Å²) in [7, 11) is 0. The van der Waals surface area contributed by atoms with Crippen molar-refractivity contribution in [1.29, 1.82) is 0 Å². The Labute approximate surface area is 123 Å². The van der Waals surface area contributed by atoms with E-state index in [1.165, 1.54) is 12.1 Å². The van der Waals surface area contributed by atoms with Crippen molar-refractivity contribution in [2.75, 3.05) is 13.1 Å². The number of benzene rings is 2. The second kappa shape index (κ2) is 7.39. The standard InChI is InChI=1S/C16H17ClFNO/c17-14-6-4-13(5-7-14)16(20)11-19-9-8-12-2-1-3-15(18)10-12/h1-7,10,16,19-20H,8-9,11H2. The highest BCUT2D eigenvalue weighted by molar-refractivity contribution is 6.30. The molecular formula is C16H17ClFNO. The summed E-state index contributed by atoms with van der Waals surface area (Å²) in [6, 6.07) is 13.7. The minimum Gasteiger partial charge on any atom is -0.387 e. The summed E-state index contributed by atoms with van der Waals surface area (Å²) >= 11 is 5.80. The molecule has 0 saturated heterocycles. The van der Waals surface area contributed by atoms with Crippen LogP contribution in [0.3, 0.4) is 0 Å². The number of aliphatic hydroxyl groups excluding tert-OH is 1. The second-order valence-corrected chi connectivity index (χ2v) is 5.09. The van der Waals surface area contributed by atoms with E-state index >= 15 is 0 Å². The fourth-order valence-corrected chi connectivity index (χ4v) is 2.09. The molecule has 0 heterocycles. The molecule has 4 heteroatoms. The van der Waals surface area contributed by atoms with Crippen LogP contribution in [0.25, 0.3) is 0 Å². The zero-order chi connectivity index (χ0) is 14.4. The lowest BCUT2D eigenvalue weighted by atomic mass is 10.1. The van der Waals surface area contributed by atoms with Gasteiger partial charge in [-0.05, 0) is 48.4 Å². The first-order valence-corrected chi connectivity index (χ1v) is 6.91. The predicted octanol–water partition coefficient (Wildman–Crippen LogP) is 3.34. The fraction of sp³-hybridized carbons (Fsp3) is 0.250. The number of halogens is 2. The van der Waals surface area contributed by atoms with Gasteiger partial charge in [-0.3, -0.25) is 0 Å². The van der Waals surface area contributed by atoms with Crippen molar-refractivity contribution >= 4 is 11.6 Å². The number of nitrogens with one attached hydrogen (secondary N) is 1. The van der Waals surface area contributed by atoms with E-state index in [2.05, 4.69) is 5.32 Å². The van der Waals surface area contributed by atoms with Gasteiger partial charge in [0.2, 0.25) is 0 Å². The lowest BCUT2D eigenvalue weighted by Crippen LogP contribution is -2.23. The monoisotopic (exact) mass is 293 g/mol. The first-order chi connectivity index (χ1) is 9.65. The maximum Gasteiger partial charge on any atom is 0.123 e. The molecule has 2 rings (SSSR count). The van der Waals surface area contributed by atoms with Gasteiger partial charge in [-0.15, -0.1) is 0 Å². The highest BCUT2D eigenvalue weighted by Gasteiger charge is 2.06. The largest absolute Gasteiger partial charge is 0.387 e. The average Bonchev–Trinajstić information content (AvgIpc) is 2.44. The molecule has 2 aromatic carbocycles. The van der Waals surface area contributed by atoms with Crippen molar-refractivity contribution in [3.8, 4) is 0 Å². The molecule has 0 amide bonds. The van der Waals surface area contributed by atoms with Gasteiger partial charge in [0.1, 0.15) is 5.82 Å². The molecule has 106 valence electrons. The van der Waals surface area contributed by atoms with Crippen LogP contribution in [0.1, 0.15) is 17.2 Å². The number of hydrogen-bond acceptors (Lipinski definition) is 2. The Balaban J connectivity index is 1.74. The van der Waals surface area contributed by atoms with Crippen molar-refractivity contribution in [3.63, 3.8) is 0 Å². The maximum atomic E-state index is 13.0. The molecule has 0 radical (unpaired) electrons. The van der Waals surface area contributed by atoms with Crippen LogP contribution in [-0.2, 0) is 6.42 Å². The highest BCUT2D eigenvalue weighted by atomic mass is 35.5. The van der Waals surface area contributed by atoms with Gasteiger partial charge in [-0.1, -0.05) is 35.9 Å². The van der Waals surface area contributed by atoms with Gasteiger partial charge in [0.05, 0.1) is 6.10 Å². The van der Waals surface area contributed by atoms with Crippen LogP contribution < -0.4 is 5.32 Å². The van der Waals surface area contributed by atoms with E-state index < -0.39 is 6.10 Å². The molecular weight excluding hydrogens is 277 g/mol. The maximum absolute atomic E-state index is 13.0. The zero-order valence-corrected chi connectivity index (χ0v) is 11.8. The molecule has 20 heavy (non-hydrogen) atoms. The molecule has 0 fully saturated rings. The second-order valence-electron chi connectivity index (χ2n) is 4.65. The van der Waals surface area contributed by atoms with E-state index in [0.29, 0.717) is 18.1 Å². The Bertz CT molecular complexity index is 544. The molecule has 0 aliphatic carbocycles. The lowest BCUT2D eigenvalue weighted by molar-refractivity contribution is 0.175. The fourth-order valence-electron chi connectivity index (χ4n) is 1.97. The Hall–Kier alpha value is -1.42. The average molecular weight is 294 g/mol. The summed E-state index contributed by atoms with van der Waals surface area (Å²) < 4.78 is 13.0. The Kier molecular flexibility index (Phi) is 5.53. The highest BCUT2D eigenvalue weighted by Crippen LogP contribution is 2.15. The van der Waals surface area contributed by atoms with Gasteiger partial charge in [0.15, 0.2) is 0 Å². The molecule has 0 aromatic heterocycles. The molecule has 0 aliphatic rings. The third kappa shape index (κ3) is 4.60. The van der Waals surface area contributed by atoms with Gasteiger partial charge in [-0.2, -0.15) is 0 Å². The molecule has 0 spiro atoms. The Morgan fingerprint density at radius 3 is 2.60 bits per heavy atom. The van der Waals surface area contributed by atoms with E-state index in [0.717, 1.165) is 17.5 Å². The Morgan fingerprint density at radius 1 is 1.15 bits per heavy atom. The Morgan fingerprint density at radius 2 is 1.90 bits per heavy atom. The molecule has 2 N–H and O–H groups in total. The molecule has 2 nitrogen and oxygen atoms in total. The van der Waals surface area contributed by atoms with Crippen LogP contribution in [0.2, 0.25) is 5.02 Å². The topological polar surface area (TPSA) is 32.3 Å². The van der Waals surface area contributed by atoms with Crippen LogP contribution in [0, 0.1) is 5.82 Å². The van der Waals surface area contributed by atoms with E-state index in [4.69, 9.17) is 11.6 Å². The van der Waals surface area contributed by atoms with Crippen LogP contribution in [0.4, 0.5) is 4.39 Å². The van der Waals surface area contributed by atoms with Crippen molar-refractivity contribution in [2.24, 2.45) is 0 Å². The van der Waals surface area contributed by atoms with Gasteiger partial charge in [-0.25, -0.2) is 4.39 Å². The van der Waals surface area contributed by atoms with Crippen LogP contribution in [0.5, 0.6) is 0 Å². The molecule has 0 aliphatic heterocycles. The van der Waals surface area contributed by atoms with E-state index in [9.17, 15) is 9.50 Å². The van der Waals surface area contributed by atoms with Gasteiger partial charge in [0, 0.05) is 11.6 Å². The van der Waals surface area contributed by atoms with Crippen molar-refractivity contribution in [3.05, 3.63) is 70.5 Å². The van der Waals surface area contributed by atoms with E-state index in [1.807, 2.05) is 6.07 Å². The zero-order valence-electron chi connectivity index (χ0n) is 11.0.